The van der Waals surface area contributed by atoms with Gasteiger partial charge in [0.1, 0.15) is 11.6 Å². The molecule has 0 spiro atoms. The lowest BCUT2D eigenvalue weighted by atomic mass is 10.1. The minimum atomic E-state index is -0.181. The highest BCUT2D eigenvalue weighted by molar-refractivity contribution is 5.42. The van der Waals surface area contributed by atoms with Crippen LogP contribution in [-0.4, -0.2) is 35.1 Å². The third kappa shape index (κ3) is 4.99. The molecule has 0 saturated heterocycles. The maximum Gasteiger partial charge on any atom is 0.224 e. The molecule has 0 aliphatic rings. The van der Waals surface area contributed by atoms with Gasteiger partial charge in [0.2, 0.25) is 5.95 Å². The second-order valence-electron chi connectivity index (χ2n) is 6.03. The van der Waals surface area contributed by atoms with Crippen molar-refractivity contribution >= 4 is 11.8 Å². The number of halogens is 1. The molecule has 134 valence electrons. The summed E-state index contributed by atoms with van der Waals surface area (Å²) in [5, 5.41) is 3.17. The number of hydrogen-bond donors (Lipinski definition) is 1. The van der Waals surface area contributed by atoms with Gasteiger partial charge in [-0.1, -0.05) is 18.2 Å². The van der Waals surface area contributed by atoms with Crippen molar-refractivity contribution in [2.45, 2.75) is 12.8 Å². The fraction of sp³-hybridized carbons (Fsp3) is 0.250. The van der Waals surface area contributed by atoms with E-state index in [0.717, 1.165) is 18.8 Å². The average molecular weight is 351 g/mol. The summed E-state index contributed by atoms with van der Waals surface area (Å²) in [6, 6.07) is 12.7. The van der Waals surface area contributed by atoms with Crippen molar-refractivity contribution in [2.24, 2.45) is 0 Å². The van der Waals surface area contributed by atoms with Gasteiger partial charge in [-0.3, -0.25) is 4.98 Å². The molecule has 0 fully saturated rings. The zero-order valence-corrected chi connectivity index (χ0v) is 14.8. The molecule has 2 aromatic heterocycles. The molecule has 0 radical (unpaired) electrons. The lowest BCUT2D eigenvalue weighted by molar-refractivity contribution is 0.610. The molecule has 0 amide bonds. The van der Waals surface area contributed by atoms with Crippen LogP contribution in [0.5, 0.6) is 0 Å². The van der Waals surface area contributed by atoms with Crippen molar-refractivity contribution in [3.05, 3.63) is 78.0 Å². The molecule has 0 aliphatic heterocycles. The van der Waals surface area contributed by atoms with E-state index in [2.05, 4.69) is 25.2 Å². The molecule has 0 atom stereocenters. The standard InChI is InChI=1S/C20H22FN5/c1-26(15-10-16-6-11-22-12-7-16)19-9-14-24-20(25-19)23-13-8-17-4-2-3-5-18(17)21/h2-7,9,11-12,14H,8,10,13,15H2,1H3,(H,23,24,25). The third-order valence-electron chi connectivity index (χ3n) is 4.15. The first-order valence-electron chi connectivity index (χ1n) is 8.63. The Labute approximate surface area is 153 Å². The molecule has 0 bridgehead atoms. The molecule has 5 nitrogen and oxygen atoms in total. The second kappa shape index (κ2) is 8.89. The number of nitrogens with one attached hydrogen (secondary N) is 1. The van der Waals surface area contributed by atoms with Crippen LogP contribution in [0.15, 0.2) is 61.1 Å². The summed E-state index contributed by atoms with van der Waals surface area (Å²) in [6.45, 7) is 1.42. The number of benzene rings is 1. The average Bonchev–Trinajstić information content (AvgIpc) is 2.69. The van der Waals surface area contributed by atoms with Crippen LogP contribution in [0.2, 0.25) is 0 Å². The van der Waals surface area contributed by atoms with Crippen molar-refractivity contribution in [2.75, 3.05) is 30.4 Å². The monoisotopic (exact) mass is 351 g/mol. The Morgan fingerprint density at radius 2 is 1.81 bits per heavy atom. The molecule has 26 heavy (non-hydrogen) atoms. The van der Waals surface area contributed by atoms with Gasteiger partial charge < -0.3 is 10.2 Å². The lowest BCUT2D eigenvalue weighted by Crippen LogP contribution is -2.22. The Hall–Kier alpha value is -3.02. The molecule has 6 heteroatoms. The number of nitrogens with zero attached hydrogens (tertiary/aromatic N) is 4. The van der Waals surface area contributed by atoms with Crippen LogP contribution in [0.25, 0.3) is 0 Å². The molecule has 3 rings (SSSR count). The summed E-state index contributed by atoms with van der Waals surface area (Å²) in [5.41, 5.74) is 1.93. The second-order valence-corrected chi connectivity index (χ2v) is 6.03. The number of hydrogen-bond acceptors (Lipinski definition) is 5. The Bertz CT molecular complexity index is 825. The molecule has 0 saturated carbocycles. The van der Waals surface area contributed by atoms with E-state index in [9.17, 15) is 4.39 Å². The van der Waals surface area contributed by atoms with E-state index < -0.39 is 0 Å². The highest BCUT2D eigenvalue weighted by Gasteiger charge is 2.06. The van der Waals surface area contributed by atoms with Crippen LogP contribution in [-0.2, 0) is 12.8 Å². The van der Waals surface area contributed by atoms with Crippen LogP contribution in [0.4, 0.5) is 16.2 Å². The van der Waals surface area contributed by atoms with Crippen molar-refractivity contribution in [1.29, 1.82) is 0 Å². The molecular weight excluding hydrogens is 329 g/mol. The number of likely N-dealkylation sites (N-methyl/N-ethyl adjacent to an activating group) is 1. The van der Waals surface area contributed by atoms with Crippen LogP contribution in [0, 0.1) is 5.82 Å². The predicted octanol–water partition coefficient (Wildman–Crippen LogP) is 3.34. The van der Waals surface area contributed by atoms with Gasteiger partial charge in [0, 0.05) is 38.7 Å². The van der Waals surface area contributed by atoms with E-state index in [0.29, 0.717) is 24.5 Å². The van der Waals surface area contributed by atoms with Gasteiger partial charge in [-0.15, -0.1) is 0 Å². The van der Waals surface area contributed by atoms with E-state index in [4.69, 9.17) is 0 Å². The number of pyridine rings is 1. The molecule has 1 N–H and O–H groups in total. The minimum absolute atomic E-state index is 0.181. The normalized spacial score (nSPS) is 10.5. The largest absolute Gasteiger partial charge is 0.359 e. The van der Waals surface area contributed by atoms with Crippen molar-refractivity contribution in [3.8, 4) is 0 Å². The van der Waals surface area contributed by atoms with Gasteiger partial charge in [-0.25, -0.2) is 9.37 Å². The van der Waals surface area contributed by atoms with Gasteiger partial charge in [0.05, 0.1) is 0 Å². The first-order valence-corrected chi connectivity index (χ1v) is 8.63. The molecular formula is C20H22FN5. The first-order chi connectivity index (χ1) is 12.7. The summed E-state index contributed by atoms with van der Waals surface area (Å²) >= 11 is 0. The maximum atomic E-state index is 13.6. The zero-order chi connectivity index (χ0) is 18.2. The number of rotatable bonds is 8. The predicted molar refractivity (Wildman–Crippen MR) is 102 cm³/mol. The summed E-state index contributed by atoms with van der Waals surface area (Å²) in [4.78, 5) is 14.9. The SMILES string of the molecule is CN(CCc1ccncc1)c1ccnc(NCCc2ccccc2F)n1. The van der Waals surface area contributed by atoms with Crippen molar-refractivity contribution in [3.63, 3.8) is 0 Å². The summed E-state index contributed by atoms with van der Waals surface area (Å²) < 4.78 is 13.6. The minimum Gasteiger partial charge on any atom is -0.359 e. The first kappa shape index (κ1) is 17.8. The molecule has 2 heterocycles. The van der Waals surface area contributed by atoms with E-state index in [1.54, 1.807) is 30.7 Å². The topological polar surface area (TPSA) is 53.9 Å². The molecule has 1 aromatic carbocycles. The smallest absolute Gasteiger partial charge is 0.224 e. The van der Waals surface area contributed by atoms with E-state index in [1.165, 1.54) is 11.6 Å². The third-order valence-corrected chi connectivity index (χ3v) is 4.15. The van der Waals surface area contributed by atoms with Gasteiger partial charge in [0.25, 0.3) is 0 Å². The zero-order valence-electron chi connectivity index (χ0n) is 14.8. The van der Waals surface area contributed by atoms with Gasteiger partial charge in [-0.2, -0.15) is 4.98 Å². The Morgan fingerprint density at radius 1 is 1.00 bits per heavy atom. The van der Waals surface area contributed by atoms with Gasteiger partial charge in [0.15, 0.2) is 0 Å². The van der Waals surface area contributed by atoms with Gasteiger partial charge >= 0.3 is 0 Å². The van der Waals surface area contributed by atoms with Crippen LogP contribution < -0.4 is 10.2 Å². The van der Waals surface area contributed by atoms with E-state index >= 15 is 0 Å². The van der Waals surface area contributed by atoms with E-state index in [-0.39, 0.29) is 5.82 Å². The number of aromatic nitrogens is 3. The highest BCUT2D eigenvalue weighted by Crippen LogP contribution is 2.12. The summed E-state index contributed by atoms with van der Waals surface area (Å²) in [5.74, 6) is 1.22. The van der Waals surface area contributed by atoms with Crippen LogP contribution >= 0.6 is 0 Å². The van der Waals surface area contributed by atoms with Gasteiger partial charge in [-0.05, 0) is 48.2 Å². The molecule has 0 unspecified atom stereocenters. The quantitative estimate of drug-likeness (QED) is 0.674. The van der Waals surface area contributed by atoms with Crippen LogP contribution in [0.3, 0.4) is 0 Å². The molecule has 3 aromatic rings. The molecule has 0 aliphatic carbocycles. The summed E-state index contributed by atoms with van der Waals surface area (Å²) in [6.07, 6.45) is 6.84. The Morgan fingerprint density at radius 3 is 2.62 bits per heavy atom. The fourth-order valence-electron chi connectivity index (χ4n) is 2.62. The highest BCUT2D eigenvalue weighted by atomic mass is 19.1. The van der Waals surface area contributed by atoms with Crippen molar-refractivity contribution < 1.29 is 4.39 Å². The van der Waals surface area contributed by atoms with E-state index in [1.807, 2.05) is 31.3 Å². The Kier molecular flexibility index (Phi) is 6.09. The van der Waals surface area contributed by atoms with Crippen LogP contribution in [0.1, 0.15) is 11.1 Å². The Balaban J connectivity index is 1.53. The summed E-state index contributed by atoms with van der Waals surface area (Å²) in [7, 11) is 2.01. The fourth-order valence-corrected chi connectivity index (χ4v) is 2.62. The number of anilines is 2. The van der Waals surface area contributed by atoms with Crippen molar-refractivity contribution in [1.82, 2.24) is 15.0 Å². The lowest BCUT2D eigenvalue weighted by Gasteiger charge is -2.18. The maximum absolute atomic E-state index is 13.6.